The fourth-order valence-electron chi connectivity index (χ4n) is 4.06. The number of thiophene rings is 1. The van der Waals surface area contributed by atoms with Crippen molar-refractivity contribution >= 4 is 22.2 Å². The maximum atomic E-state index is 12.8. The molecule has 26 heavy (non-hydrogen) atoms. The second-order valence-corrected chi connectivity index (χ2v) is 9.75. The minimum atomic E-state index is -0.147. The Balaban J connectivity index is 1.61. The van der Waals surface area contributed by atoms with Gasteiger partial charge in [0.1, 0.15) is 11.2 Å². The highest BCUT2D eigenvalue weighted by molar-refractivity contribution is 7.16. The van der Waals surface area contributed by atoms with Crippen molar-refractivity contribution in [1.29, 1.82) is 0 Å². The van der Waals surface area contributed by atoms with E-state index >= 15 is 0 Å². The van der Waals surface area contributed by atoms with Gasteiger partial charge < -0.3 is 10.6 Å². The molecule has 0 radical (unpaired) electrons. The molecule has 0 unspecified atom stereocenters. The number of nitrogens with one attached hydrogen (secondary N) is 2. The van der Waals surface area contributed by atoms with Crippen LogP contribution >= 0.6 is 11.3 Å². The third-order valence-electron chi connectivity index (χ3n) is 5.83. The lowest BCUT2D eigenvalue weighted by Crippen LogP contribution is -2.38. The molecular weight excluding hydrogens is 340 g/mol. The van der Waals surface area contributed by atoms with Crippen LogP contribution in [0.15, 0.2) is 24.3 Å². The van der Waals surface area contributed by atoms with Crippen molar-refractivity contribution < 1.29 is 4.79 Å². The van der Waals surface area contributed by atoms with Gasteiger partial charge in [-0.25, -0.2) is 0 Å². The summed E-state index contributed by atoms with van der Waals surface area (Å²) in [6.45, 7) is 8.92. The number of rotatable bonds is 2. The zero-order valence-corrected chi connectivity index (χ0v) is 16.9. The molecule has 1 amide bonds. The van der Waals surface area contributed by atoms with Crippen molar-refractivity contribution in [3.05, 3.63) is 51.4 Å². The van der Waals surface area contributed by atoms with Crippen LogP contribution in [0.4, 0.5) is 5.00 Å². The average molecular weight is 369 g/mol. The molecule has 1 aliphatic heterocycles. The summed E-state index contributed by atoms with van der Waals surface area (Å²) in [7, 11) is 0. The van der Waals surface area contributed by atoms with Crippen LogP contribution in [0.25, 0.3) is 0 Å². The average Bonchev–Trinajstić information content (AvgIpc) is 2.98. The minimum absolute atomic E-state index is 0.0797. The van der Waals surface area contributed by atoms with Gasteiger partial charge in [0.2, 0.25) is 0 Å². The molecule has 0 saturated heterocycles. The third kappa shape index (κ3) is 3.05. The summed E-state index contributed by atoms with van der Waals surface area (Å²) >= 11 is 1.79. The van der Waals surface area contributed by atoms with E-state index in [4.69, 9.17) is 0 Å². The Labute approximate surface area is 160 Å². The highest BCUT2D eigenvalue weighted by Gasteiger charge is 2.33. The number of carbonyl (C=O) groups excluding carboxylic acids is 1. The van der Waals surface area contributed by atoms with Crippen LogP contribution in [0.2, 0.25) is 0 Å². The second-order valence-electron chi connectivity index (χ2n) is 8.65. The van der Waals surface area contributed by atoms with E-state index in [0.717, 1.165) is 34.9 Å². The molecule has 3 nitrogen and oxygen atoms in total. The van der Waals surface area contributed by atoms with Crippen LogP contribution in [0.5, 0.6) is 0 Å². The molecule has 0 spiro atoms. The quantitative estimate of drug-likeness (QED) is 0.743. The number of carbonyl (C=O) groups is 1. The summed E-state index contributed by atoms with van der Waals surface area (Å²) < 4.78 is 0. The van der Waals surface area contributed by atoms with Crippen LogP contribution < -0.4 is 10.6 Å². The zero-order chi connectivity index (χ0) is 18.5. The molecule has 1 aromatic carbocycles. The van der Waals surface area contributed by atoms with Gasteiger partial charge in [-0.05, 0) is 47.3 Å². The van der Waals surface area contributed by atoms with Crippen LogP contribution in [0, 0.1) is 5.92 Å². The lowest BCUT2D eigenvalue weighted by atomic mass is 9.85. The van der Waals surface area contributed by atoms with E-state index in [1.807, 2.05) is 0 Å². The van der Waals surface area contributed by atoms with Gasteiger partial charge in [-0.15, -0.1) is 11.3 Å². The van der Waals surface area contributed by atoms with E-state index in [1.165, 1.54) is 28.8 Å². The number of anilines is 1. The van der Waals surface area contributed by atoms with Gasteiger partial charge in [0.05, 0.1) is 5.56 Å². The number of amides is 1. The number of benzene rings is 1. The second kappa shape index (κ2) is 6.41. The molecule has 0 bridgehead atoms. The maximum absolute atomic E-state index is 12.8. The van der Waals surface area contributed by atoms with Crippen LogP contribution in [0.3, 0.4) is 0 Å². The Morgan fingerprint density at radius 2 is 1.88 bits per heavy atom. The summed E-state index contributed by atoms with van der Waals surface area (Å²) in [5.41, 5.74) is 4.75. The molecule has 1 aliphatic carbocycles. The molecule has 2 aliphatic rings. The largest absolute Gasteiger partial charge is 0.353 e. The molecule has 4 heteroatoms. The molecule has 2 atom stereocenters. The van der Waals surface area contributed by atoms with Gasteiger partial charge in [-0.3, -0.25) is 4.79 Å². The maximum Gasteiger partial charge on any atom is 0.256 e. The van der Waals surface area contributed by atoms with Crippen molar-refractivity contribution in [2.75, 3.05) is 5.32 Å². The van der Waals surface area contributed by atoms with Gasteiger partial charge in [-0.2, -0.15) is 0 Å². The first-order valence-corrected chi connectivity index (χ1v) is 10.5. The lowest BCUT2D eigenvalue weighted by molar-refractivity contribution is 0.0935. The van der Waals surface area contributed by atoms with Crippen molar-refractivity contribution in [3.63, 3.8) is 0 Å². The van der Waals surface area contributed by atoms with Crippen molar-refractivity contribution in [2.45, 2.75) is 65.0 Å². The molecule has 138 valence electrons. The molecule has 2 heterocycles. The standard InChI is InChI=1S/C22H28N2OS/c1-5-13-6-11-16-17(12-13)26-21-18(16)20(25)23-19(24-21)14-7-9-15(10-8-14)22(2,3)4/h7-10,13,19,24H,5-6,11-12H2,1-4H3,(H,23,25)/t13-,19+/m0/s1. The molecule has 0 saturated carbocycles. The number of hydrogen-bond acceptors (Lipinski definition) is 3. The SMILES string of the molecule is CC[C@H]1CCc2c(sc3c2C(=O)N[C@@H](c2ccc(C(C)(C)C)cc2)N3)C1. The van der Waals surface area contributed by atoms with Crippen molar-refractivity contribution in [3.8, 4) is 0 Å². The van der Waals surface area contributed by atoms with Crippen molar-refractivity contribution in [1.82, 2.24) is 5.32 Å². The van der Waals surface area contributed by atoms with Gasteiger partial charge >= 0.3 is 0 Å². The number of hydrogen-bond donors (Lipinski definition) is 2. The highest BCUT2D eigenvalue weighted by Crippen LogP contribution is 2.43. The van der Waals surface area contributed by atoms with Gasteiger partial charge in [0.25, 0.3) is 5.91 Å². The monoisotopic (exact) mass is 368 g/mol. The Morgan fingerprint density at radius 1 is 1.15 bits per heavy atom. The molecule has 2 aromatic rings. The Kier molecular flexibility index (Phi) is 4.34. The van der Waals surface area contributed by atoms with E-state index < -0.39 is 0 Å². The van der Waals surface area contributed by atoms with Crippen LogP contribution in [-0.2, 0) is 18.3 Å². The summed E-state index contributed by atoms with van der Waals surface area (Å²) in [5, 5.41) is 7.80. The van der Waals surface area contributed by atoms with Gasteiger partial charge in [0, 0.05) is 4.88 Å². The smallest absolute Gasteiger partial charge is 0.256 e. The first-order valence-electron chi connectivity index (χ1n) is 9.69. The van der Waals surface area contributed by atoms with E-state index in [1.54, 1.807) is 11.3 Å². The normalized spacial score (nSPS) is 22.2. The predicted molar refractivity (Wildman–Crippen MR) is 109 cm³/mol. The zero-order valence-electron chi connectivity index (χ0n) is 16.1. The summed E-state index contributed by atoms with van der Waals surface area (Å²) in [6, 6.07) is 8.60. The molecular formula is C22H28N2OS. The molecule has 0 fully saturated rings. The summed E-state index contributed by atoms with van der Waals surface area (Å²) in [6.07, 6.45) is 4.46. The lowest BCUT2D eigenvalue weighted by Gasteiger charge is -2.28. The van der Waals surface area contributed by atoms with E-state index in [-0.39, 0.29) is 17.5 Å². The van der Waals surface area contributed by atoms with E-state index in [9.17, 15) is 4.79 Å². The van der Waals surface area contributed by atoms with E-state index in [0.29, 0.717) is 0 Å². The Morgan fingerprint density at radius 3 is 2.54 bits per heavy atom. The van der Waals surface area contributed by atoms with Crippen LogP contribution in [-0.4, -0.2) is 5.91 Å². The Bertz CT molecular complexity index is 829. The molecule has 4 rings (SSSR count). The first kappa shape index (κ1) is 17.6. The highest BCUT2D eigenvalue weighted by atomic mass is 32.1. The topological polar surface area (TPSA) is 41.1 Å². The van der Waals surface area contributed by atoms with Gasteiger partial charge in [-0.1, -0.05) is 58.4 Å². The fourth-order valence-corrected chi connectivity index (χ4v) is 5.44. The van der Waals surface area contributed by atoms with E-state index in [2.05, 4.69) is 62.6 Å². The van der Waals surface area contributed by atoms with Crippen molar-refractivity contribution in [2.24, 2.45) is 5.92 Å². The number of fused-ring (bicyclic) bond motifs is 3. The first-order chi connectivity index (χ1) is 12.4. The third-order valence-corrected chi connectivity index (χ3v) is 7.02. The molecule has 2 N–H and O–H groups in total. The fraction of sp³-hybridized carbons (Fsp3) is 0.500. The summed E-state index contributed by atoms with van der Waals surface area (Å²) in [5.74, 6) is 0.850. The predicted octanol–water partition coefficient (Wildman–Crippen LogP) is 5.41. The van der Waals surface area contributed by atoms with Gasteiger partial charge in [0.15, 0.2) is 0 Å². The summed E-state index contributed by atoms with van der Waals surface area (Å²) in [4.78, 5) is 14.3. The van der Waals surface area contributed by atoms with Crippen LogP contribution in [0.1, 0.15) is 78.6 Å². The Hall–Kier alpha value is -1.81. The molecule has 1 aromatic heterocycles. The minimum Gasteiger partial charge on any atom is -0.353 e.